The summed E-state index contributed by atoms with van der Waals surface area (Å²) in [4.78, 5) is 4.64. The molecule has 1 aromatic heterocycles. The molecule has 0 amide bonds. The summed E-state index contributed by atoms with van der Waals surface area (Å²) in [5.74, 6) is 3.37. The van der Waals surface area contributed by atoms with Crippen molar-refractivity contribution in [1.29, 1.82) is 0 Å². The molecule has 0 unspecified atom stereocenters. The Morgan fingerprint density at radius 3 is 1.50 bits per heavy atom. The minimum atomic E-state index is -0.0526. The molecule has 0 aliphatic carbocycles. The van der Waals surface area contributed by atoms with Crippen molar-refractivity contribution >= 4 is 99.5 Å². The smallest absolute Gasteiger partial charge is 0.260 e. The molecule has 3 heterocycles. The van der Waals surface area contributed by atoms with Crippen LogP contribution in [0.3, 0.4) is 0 Å². The van der Waals surface area contributed by atoms with Gasteiger partial charge < -0.3 is 19.3 Å². The highest BCUT2D eigenvalue weighted by Crippen LogP contribution is 2.48. The predicted molar refractivity (Wildman–Crippen MR) is 244 cm³/mol. The molecule has 9 aromatic carbocycles. The third kappa shape index (κ3) is 5.16. The molecule has 0 N–H and O–H groups in total. The number of hydrogen-bond acceptors (Lipinski definition) is 5. The molecule has 0 saturated heterocycles. The van der Waals surface area contributed by atoms with Gasteiger partial charge in [-0.2, -0.15) is 0 Å². The van der Waals surface area contributed by atoms with E-state index in [-0.39, 0.29) is 6.71 Å². The van der Waals surface area contributed by atoms with Crippen molar-refractivity contribution < 1.29 is 9.47 Å². The topological polar surface area (TPSA) is 24.9 Å². The average molecular weight is 761 g/mol. The van der Waals surface area contributed by atoms with E-state index in [1.54, 1.807) is 0 Å². The molecule has 0 atom stereocenters. The van der Waals surface area contributed by atoms with Crippen LogP contribution in [0.25, 0.3) is 30.9 Å². The number of fused-ring (bicyclic) bond motifs is 9. The Balaban J connectivity index is 1.08. The Morgan fingerprint density at radius 2 is 0.879 bits per heavy atom. The number of rotatable bonds is 6. The second kappa shape index (κ2) is 13.2. The average Bonchev–Trinajstić information content (AvgIpc) is 3.64. The zero-order chi connectivity index (χ0) is 38.2. The number of hydrogen-bond donors (Lipinski definition) is 0. The SMILES string of the molecule is c1ccc(N(c2ccccc2)c2cc3c4c(c2)Oc2cc5c(cc2B4c2ccccc2O3)sc2cc(N(c3ccccc3)c3ccccc3)c3ccccc3c25)cc1. The first-order valence-corrected chi connectivity index (χ1v) is 20.4. The zero-order valence-electron chi connectivity index (χ0n) is 31.2. The van der Waals surface area contributed by atoms with Gasteiger partial charge in [-0.1, -0.05) is 115 Å². The first-order valence-electron chi connectivity index (χ1n) is 19.6. The van der Waals surface area contributed by atoms with Crippen molar-refractivity contribution in [2.45, 2.75) is 0 Å². The molecule has 272 valence electrons. The number of anilines is 6. The minimum Gasteiger partial charge on any atom is -0.458 e. The van der Waals surface area contributed by atoms with Gasteiger partial charge in [0.2, 0.25) is 0 Å². The molecular formula is C52H33BN2O2S. The first kappa shape index (κ1) is 32.9. The summed E-state index contributed by atoms with van der Waals surface area (Å²) < 4.78 is 16.4. The third-order valence-electron chi connectivity index (χ3n) is 11.5. The van der Waals surface area contributed by atoms with Crippen LogP contribution in [-0.2, 0) is 0 Å². The maximum Gasteiger partial charge on any atom is 0.260 e. The Hall–Kier alpha value is -7.28. The number of nitrogens with zero attached hydrogens (tertiary/aromatic N) is 2. The summed E-state index contributed by atoms with van der Waals surface area (Å²) in [6, 6.07) is 71.0. The summed E-state index contributed by atoms with van der Waals surface area (Å²) in [5.41, 5.74) is 9.82. The summed E-state index contributed by atoms with van der Waals surface area (Å²) in [5, 5.41) is 4.86. The monoisotopic (exact) mass is 760 g/mol. The maximum atomic E-state index is 7.11. The molecule has 2 aliphatic rings. The molecule has 6 heteroatoms. The predicted octanol–water partition coefficient (Wildman–Crippen LogP) is 12.9. The van der Waals surface area contributed by atoms with Crippen LogP contribution in [0.15, 0.2) is 200 Å². The van der Waals surface area contributed by atoms with Crippen LogP contribution in [0, 0.1) is 0 Å². The fraction of sp³-hybridized carbons (Fsp3) is 0. The van der Waals surface area contributed by atoms with E-state index in [2.05, 4.69) is 210 Å². The highest BCUT2D eigenvalue weighted by atomic mass is 32.1. The van der Waals surface area contributed by atoms with Crippen LogP contribution in [0.1, 0.15) is 0 Å². The molecule has 10 aromatic rings. The molecule has 12 rings (SSSR count). The lowest BCUT2D eigenvalue weighted by Gasteiger charge is -2.35. The molecule has 0 fully saturated rings. The van der Waals surface area contributed by atoms with E-state index in [0.29, 0.717) is 0 Å². The number of thiophene rings is 1. The van der Waals surface area contributed by atoms with E-state index in [0.717, 1.165) is 73.5 Å². The van der Waals surface area contributed by atoms with Crippen LogP contribution < -0.4 is 35.7 Å². The number of benzene rings is 9. The quantitative estimate of drug-likeness (QED) is 0.158. The third-order valence-corrected chi connectivity index (χ3v) is 12.6. The molecule has 4 nitrogen and oxygen atoms in total. The van der Waals surface area contributed by atoms with Crippen molar-refractivity contribution in [3.05, 3.63) is 200 Å². The Morgan fingerprint density at radius 1 is 0.362 bits per heavy atom. The summed E-state index contributed by atoms with van der Waals surface area (Å²) in [7, 11) is 0. The van der Waals surface area contributed by atoms with Crippen LogP contribution in [0.5, 0.6) is 23.0 Å². The second-order valence-corrected chi connectivity index (χ2v) is 15.9. The molecular weight excluding hydrogens is 727 g/mol. The van der Waals surface area contributed by atoms with Crippen LogP contribution in [-0.4, -0.2) is 6.71 Å². The van der Waals surface area contributed by atoms with Crippen LogP contribution in [0.4, 0.5) is 34.1 Å². The van der Waals surface area contributed by atoms with Crippen LogP contribution in [0.2, 0.25) is 0 Å². The lowest BCUT2D eigenvalue weighted by Crippen LogP contribution is -2.57. The van der Waals surface area contributed by atoms with E-state index in [9.17, 15) is 0 Å². The van der Waals surface area contributed by atoms with Crippen molar-refractivity contribution in [2.75, 3.05) is 9.80 Å². The Kier molecular flexibility index (Phi) is 7.47. The molecule has 0 radical (unpaired) electrons. The first-order chi connectivity index (χ1) is 28.8. The Labute approximate surface area is 340 Å². The number of para-hydroxylation sites is 5. The van der Waals surface area contributed by atoms with Gasteiger partial charge in [0, 0.05) is 65.9 Å². The second-order valence-electron chi connectivity index (χ2n) is 14.8. The summed E-state index contributed by atoms with van der Waals surface area (Å²) in [6.07, 6.45) is 0. The summed E-state index contributed by atoms with van der Waals surface area (Å²) in [6.45, 7) is -0.0526. The number of ether oxygens (including phenoxy) is 2. The van der Waals surface area contributed by atoms with Crippen molar-refractivity contribution in [1.82, 2.24) is 0 Å². The Bertz CT molecular complexity index is 3110. The van der Waals surface area contributed by atoms with Gasteiger partial charge >= 0.3 is 0 Å². The fourth-order valence-electron chi connectivity index (χ4n) is 9.04. The van der Waals surface area contributed by atoms with Crippen molar-refractivity contribution in [3.8, 4) is 23.0 Å². The molecule has 2 aliphatic heterocycles. The van der Waals surface area contributed by atoms with Crippen molar-refractivity contribution in [2.24, 2.45) is 0 Å². The van der Waals surface area contributed by atoms with Gasteiger partial charge in [0.05, 0.1) is 11.4 Å². The maximum absolute atomic E-state index is 7.11. The van der Waals surface area contributed by atoms with Gasteiger partial charge in [0.15, 0.2) is 0 Å². The van der Waals surface area contributed by atoms with Gasteiger partial charge in [0.1, 0.15) is 23.0 Å². The molecule has 0 spiro atoms. The van der Waals surface area contributed by atoms with Gasteiger partial charge in [-0.3, -0.25) is 0 Å². The van der Waals surface area contributed by atoms with Gasteiger partial charge in [-0.25, -0.2) is 0 Å². The highest BCUT2D eigenvalue weighted by Gasteiger charge is 2.41. The van der Waals surface area contributed by atoms with Gasteiger partial charge in [-0.15, -0.1) is 11.3 Å². The van der Waals surface area contributed by atoms with E-state index >= 15 is 0 Å². The largest absolute Gasteiger partial charge is 0.458 e. The normalized spacial score (nSPS) is 12.4. The lowest BCUT2D eigenvalue weighted by atomic mass is 9.35. The van der Waals surface area contributed by atoms with E-state index in [1.807, 2.05) is 11.3 Å². The zero-order valence-corrected chi connectivity index (χ0v) is 32.1. The van der Waals surface area contributed by atoms with Gasteiger partial charge in [0.25, 0.3) is 6.71 Å². The summed E-state index contributed by atoms with van der Waals surface area (Å²) >= 11 is 1.85. The standard InChI is InChI=1S/C52H33BN2O2S/c1-5-17-34(18-6-1)54(35-19-7-2-8-20-35)38-29-47-52-48(30-38)57-46-31-41-49(32-43(46)53(52)42-27-15-16-28-45(42)56-47)58-50-33-44(39-25-13-14-26-40(39)51(41)50)55(36-21-9-3-10-22-36)37-23-11-4-12-24-37/h1-33H. The van der Waals surface area contributed by atoms with Gasteiger partial charge in [-0.05, 0) is 89.1 Å². The van der Waals surface area contributed by atoms with E-state index in [1.165, 1.54) is 30.9 Å². The fourth-order valence-corrected chi connectivity index (χ4v) is 10.2. The van der Waals surface area contributed by atoms with Crippen LogP contribution >= 0.6 is 11.3 Å². The molecule has 58 heavy (non-hydrogen) atoms. The van der Waals surface area contributed by atoms with Crippen molar-refractivity contribution in [3.63, 3.8) is 0 Å². The minimum absolute atomic E-state index is 0.0526. The highest BCUT2D eigenvalue weighted by molar-refractivity contribution is 7.26. The molecule has 0 saturated carbocycles. The van der Waals surface area contributed by atoms with E-state index in [4.69, 9.17) is 9.47 Å². The van der Waals surface area contributed by atoms with E-state index < -0.39 is 0 Å². The molecule has 0 bridgehead atoms. The lowest BCUT2D eigenvalue weighted by molar-refractivity contribution is 0.465.